The summed E-state index contributed by atoms with van der Waals surface area (Å²) in [4.78, 5) is 26.2. The molecule has 1 amide bonds. The van der Waals surface area contributed by atoms with Gasteiger partial charge in [-0.15, -0.1) is 0 Å². The van der Waals surface area contributed by atoms with E-state index in [1.54, 1.807) is 43.5 Å². The number of carbonyl (C=O) groups excluding carboxylic acids is 2. The van der Waals surface area contributed by atoms with E-state index in [1.807, 2.05) is 0 Å². The van der Waals surface area contributed by atoms with Crippen molar-refractivity contribution in [2.45, 2.75) is 0 Å². The fourth-order valence-corrected chi connectivity index (χ4v) is 3.81. The Morgan fingerprint density at radius 2 is 1.88 bits per heavy atom. The molecule has 0 N–H and O–H groups in total. The average molecular weight is 424 g/mol. The molecule has 1 aliphatic rings. The van der Waals surface area contributed by atoms with Gasteiger partial charge in [-0.25, -0.2) is 4.79 Å². The summed E-state index contributed by atoms with van der Waals surface area (Å²) in [5.74, 6) is -0.347. The van der Waals surface area contributed by atoms with Crippen LogP contribution < -0.4 is 4.74 Å². The summed E-state index contributed by atoms with van der Waals surface area (Å²) in [7, 11) is 1.64. The number of thiocarbonyl (C=S) groups is 1. The first-order valence-electron chi connectivity index (χ1n) is 7.34. The van der Waals surface area contributed by atoms with Gasteiger partial charge in [-0.2, -0.15) is 0 Å². The number of hydrogen-bond donors (Lipinski definition) is 0. The highest BCUT2D eigenvalue weighted by Crippen LogP contribution is 2.31. The van der Waals surface area contributed by atoms with Crippen LogP contribution in [0.2, 0.25) is 10.0 Å². The molecule has 0 atom stereocenters. The molecular weight excluding hydrogens is 413 g/mol. The number of carbonyl (C=O) groups is 2. The Morgan fingerprint density at radius 1 is 1.19 bits per heavy atom. The molecule has 1 heterocycles. The van der Waals surface area contributed by atoms with Gasteiger partial charge in [0.2, 0.25) is 0 Å². The number of likely N-dealkylation sites (N-methyl/N-ethyl adjacent to an activating group) is 1. The summed E-state index contributed by atoms with van der Waals surface area (Å²) in [6.07, 6.45) is 1.74. The smallest absolute Gasteiger partial charge is 0.345 e. The second-order valence-corrected chi connectivity index (χ2v) is 7.84. The van der Waals surface area contributed by atoms with Gasteiger partial charge in [0.15, 0.2) is 0 Å². The standard InChI is InChI=1S/C18H11Cl2NO3S2/c1-21-16(22)15(26-18(21)25)8-10-2-5-12(6-3-10)24-17(23)13-7-4-11(19)9-14(13)20/h2-9H,1H3/b15-8+. The third kappa shape index (κ3) is 4.10. The molecule has 2 aromatic carbocycles. The van der Waals surface area contributed by atoms with E-state index in [0.29, 0.717) is 20.0 Å². The highest BCUT2D eigenvalue weighted by atomic mass is 35.5. The number of nitrogens with zero attached hydrogens (tertiary/aromatic N) is 1. The molecule has 1 saturated heterocycles. The van der Waals surface area contributed by atoms with Crippen LogP contribution in [0, 0.1) is 0 Å². The Labute approximate surface area is 169 Å². The number of benzene rings is 2. The van der Waals surface area contributed by atoms with E-state index >= 15 is 0 Å². The Morgan fingerprint density at radius 3 is 2.46 bits per heavy atom. The van der Waals surface area contributed by atoms with E-state index in [2.05, 4.69) is 0 Å². The molecule has 0 bridgehead atoms. The quantitative estimate of drug-likeness (QED) is 0.299. The molecule has 0 saturated carbocycles. The van der Waals surface area contributed by atoms with E-state index in [9.17, 15) is 9.59 Å². The number of thioether (sulfide) groups is 1. The van der Waals surface area contributed by atoms with Crippen LogP contribution >= 0.6 is 47.2 Å². The lowest BCUT2D eigenvalue weighted by Gasteiger charge is -2.06. The van der Waals surface area contributed by atoms with E-state index in [-0.39, 0.29) is 16.5 Å². The van der Waals surface area contributed by atoms with Gasteiger partial charge in [0, 0.05) is 12.1 Å². The van der Waals surface area contributed by atoms with Crippen LogP contribution in [-0.4, -0.2) is 28.1 Å². The molecule has 26 heavy (non-hydrogen) atoms. The number of rotatable bonds is 3. The third-order valence-corrected chi connectivity index (χ3v) is 5.56. The van der Waals surface area contributed by atoms with Gasteiger partial charge < -0.3 is 4.74 Å². The molecule has 4 nitrogen and oxygen atoms in total. The van der Waals surface area contributed by atoms with Crippen molar-refractivity contribution < 1.29 is 14.3 Å². The Hall–Kier alpha value is -1.86. The maximum atomic E-state index is 12.2. The fraction of sp³-hybridized carbons (Fsp3) is 0.0556. The third-order valence-electron chi connectivity index (χ3n) is 3.53. The van der Waals surface area contributed by atoms with Gasteiger partial charge in [-0.1, -0.05) is 59.3 Å². The molecule has 1 aliphatic heterocycles. The zero-order chi connectivity index (χ0) is 18.8. The largest absolute Gasteiger partial charge is 0.423 e. The van der Waals surface area contributed by atoms with Crippen LogP contribution in [0.4, 0.5) is 0 Å². The number of hydrogen-bond acceptors (Lipinski definition) is 5. The van der Waals surface area contributed by atoms with Crippen molar-refractivity contribution >= 4 is 69.5 Å². The van der Waals surface area contributed by atoms with Crippen LogP contribution in [0.5, 0.6) is 5.75 Å². The van der Waals surface area contributed by atoms with Gasteiger partial charge in [0.05, 0.1) is 15.5 Å². The van der Waals surface area contributed by atoms with Gasteiger partial charge in [-0.3, -0.25) is 9.69 Å². The maximum absolute atomic E-state index is 12.2. The second kappa shape index (κ2) is 7.80. The van der Waals surface area contributed by atoms with Crippen LogP contribution in [0.25, 0.3) is 6.08 Å². The average Bonchev–Trinajstić information content (AvgIpc) is 2.83. The van der Waals surface area contributed by atoms with E-state index in [0.717, 1.165) is 5.56 Å². The minimum atomic E-state index is -0.578. The highest BCUT2D eigenvalue weighted by Gasteiger charge is 2.28. The molecule has 0 spiro atoms. The number of ether oxygens (including phenoxy) is 1. The topological polar surface area (TPSA) is 46.6 Å². The number of halogens is 2. The summed E-state index contributed by atoms with van der Waals surface area (Å²) in [6.45, 7) is 0. The maximum Gasteiger partial charge on any atom is 0.345 e. The molecule has 1 fully saturated rings. The van der Waals surface area contributed by atoms with Crippen molar-refractivity contribution in [3.8, 4) is 5.75 Å². The van der Waals surface area contributed by atoms with Gasteiger partial charge >= 0.3 is 5.97 Å². The highest BCUT2D eigenvalue weighted by molar-refractivity contribution is 8.26. The van der Waals surface area contributed by atoms with Crippen molar-refractivity contribution in [2.24, 2.45) is 0 Å². The second-order valence-electron chi connectivity index (χ2n) is 5.32. The summed E-state index contributed by atoms with van der Waals surface area (Å²) < 4.78 is 5.83. The summed E-state index contributed by atoms with van der Waals surface area (Å²) in [6, 6.07) is 11.3. The number of esters is 1. The molecular formula is C18H11Cl2NO3S2. The minimum Gasteiger partial charge on any atom is -0.423 e. The van der Waals surface area contributed by atoms with Crippen LogP contribution in [0.3, 0.4) is 0 Å². The molecule has 8 heteroatoms. The minimum absolute atomic E-state index is 0.132. The first-order chi connectivity index (χ1) is 12.3. The lowest BCUT2D eigenvalue weighted by molar-refractivity contribution is -0.121. The molecule has 0 aromatic heterocycles. The first-order valence-corrected chi connectivity index (χ1v) is 9.32. The van der Waals surface area contributed by atoms with Crippen molar-refractivity contribution in [2.75, 3.05) is 7.05 Å². The summed E-state index contributed by atoms with van der Waals surface area (Å²) >= 11 is 18.2. The lowest BCUT2D eigenvalue weighted by Crippen LogP contribution is -2.22. The predicted molar refractivity (Wildman–Crippen MR) is 109 cm³/mol. The van der Waals surface area contributed by atoms with Gasteiger partial charge in [0.25, 0.3) is 5.91 Å². The lowest BCUT2D eigenvalue weighted by atomic mass is 10.2. The molecule has 132 valence electrons. The van der Waals surface area contributed by atoms with Crippen molar-refractivity contribution in [3.05, 3.63) is 68.5 Å². The predicted octanol–water partition coefficient (Wildman–Crippen LogP) is 5.04. The Balaban J connectivity index is 1.73. The summed E-state index contributed by atoms with van der Waals surface area (Å²) in [5, 5.41) is 0.661. The zero-order valence-electron chi connectivity index (χ0n) is 13.4. The molecule has 0 aliphatic carbocycles. The van der Waals surface area contributed by atoms with Crippen LogP contribution in [-0.2, 0) is 4.79 Å². The Kier molecular flexibility index (Phi) is 5.67. The van der Waals surface area contributed by atoms with Crippen molar-refractivity contribution in [1.29, 1.82) is 0 Å². The van der Waals surface area contributed by atoms with Gasteiger partial charge in [0.1, 0.15) is 10.1 Å². The fourth-order valence-electron chi connectivity index (χ4n) is 2.15. The van der Waals surface area contributed by atoms with Crippen LogP contribution in [0.15, 0.2) is 47.4 Å². The number of amides is 1. The molecule has 3 rings (SSSR count). The normalized spacial score (nSPS) is 15.7. The van der Waals surface area contributed by atoms with E-state index in [4.69, 9.17) is 40.2 Å². The van der Waals surface area contributed by atoms with E-state index in [1.165, 1.54) is 28.8 Å². The SMILES string of the molecule is CN1C(=O)/C(=C\c2ccc(OC(=O)c3ccc(Cl)cc3Cl)cc2)SC1=S. The Bertz CT molecular complexity index is 942. The molecule has 0 unspecified atom stereocenters. The van der Waals surface area contributed by atoms with Gasteiger partial charge in [-0.05, 0) is 42.0 Å². The zero-order valence-corrected chi connectivity index (χ0v) is 16.5. The van der Waals surface area contributed by atoms with Crippen LogP contribution in [0.1, 0.15) is 15.9 Å². The molecule has 0 radical (unpaired) electrons. The van der Waals surface area contributed by atoms with Crippen molar-refractivity contribution in [1.82, 2.24) is 4.90 Å². The first kappa shape index (κ1) is 18.9. The van der Waals surface area contributed by atoms with Crippen molar-refractivity contribution in [3.63, 3.8) is 0 Å². The monoisotopic (exact) mass is 423 g/mol. The summed E-state index contributed by atoms with van der Waals surface area (Å²) in [5.41, 5.74) is 1.02. The molecule has 2 aromatic rings. The van der Waals surface area contributed by atoms with E-state index < -0.39 is 5.97 Å².